The molecule has 0 saturated heterocycles. The second-order valence-corrected chi connectivity index (χ2v) is 6.07. The van der Waals surface area contributed by atoms with Crippen LogP contribution >= 0.6 is 0 Å². The zero-order valence-corrected chi connectivity index (χ0v) is 13.1. The van der Waals surface area contributed by atoms with E-state index in [2.05, 4.69) is 52.8 Å². The Balaban J connectivity index is 2.76. The molecular weight excluding hydrogens is 234 g/mol. The average molecular weight is 263 g/mol. The summed E-state index contributed by atoms with van der Waals surface area (Å²) in [5.74, 6) is 2.70. The molecule has 2 nitrogen and oxygen atoms in total. The Kier molecular flexibility index (Phi) is 6.36. The van der Waals surface area contributed by atoms with Crippen molar-refractivity contribution >= 4 is 0 Å². The lowest BCUT2D eigenvalue weighted by Gasteiger charge is -2.22. The molecule has 0 aliphatic heterocycles. The average Bonchev–Trinajstić information content (AvgIpc) is 2.36. The zero-order valence-electron chi connectivity index (χ0n) is 13.1. The van der Waals surface area contributed by atoms with E-state index in [1.807, 2.05) is 0 Å². The quantitative estimate of drug-likeness (QED) is 0.803. The highest BCUT2D eigenvalue weighted by Crippen LogP contribution is 2.30. The van der Waals surface area contributed by atoms with Crippen LogP contribution in [0, 0.1) is 18.8 Å². The molecule has 0 spiro atoms. The zero-order chi connectivity index (χ0) is 14.4. The van der Waals surface area contributed by atoms with Gasteiger partial charge in [-0.15, -0.1) is 0 Å². The van der Waals surface area contributed by atoms with Crippen LogP contribution in [0.25, 0.3) is 0 Å². The van der Waals surface area contributed by atoms with Gasteiger partial charge in [0.25, 0.3) is 0 Å². The summed E-state index contributed by atoms with van der Waals surface area (Å²) in [7, 11) is 0. The van der Waals surface area contributed by atoms with Crippen molar-refractivity contribution in [2.24, 2.45) is 17.6 Å². The molecule has 0 heterocycles. The maximum absolute atomic E-state index is 5.77. The molecule has 2 atom stereocenters. The van der Waals surface area contributed by atoms with Crippen molar-refractivity contribution in [3.05, 3.63) is 29.3 Å². The van der Waals surface area contributed by atoms with Crippen molar-refractivity contribution in [1.82, 2.24) is 0 Å². The summed E-state index contributed by atoms with van der Waals surface area (Å²) in [4.78, 5) is 0. The first-order valence-electron chi connectivity index (χ1n) is 7.39. The van der Waals surface area contributed by atoms with E-state index in [0.717, 1.165) is 25.3 Å². The molecule has 108 valence electrons. The minimum atomic E-state index is 0.544. The summed E-state index contributed by atoms with van der Waals surface area (Å²) < 4.78 is 5.77. The third-order valence-electron chi connectivity index (χ3n) is 3.79. The SMILES string of the molecule is Cc1cc(OCC(C)C)ccc1C(C)C(C)CCN. The predicted molar refractivity (Wildman–Crippen MR) is 82.8 cm³/mol. The van der Waals surface area contributed by atoms with Gasteiger partial charge in [-0.3, -0.25) is 0 Å². The predicted octanol–water partition coefficient (Wildman–Crippen LogP) is 4.12. The first kappa shape index (κ1) is 16.0. The molecule has 0 amide bonds. The van der Waals surface area contributed by atoms with Gasteiger partial charge in [0.05, 0.1) is 6.61 Å². The molecule has 0 saturated carbocycles. The number of hydrogen-bond donors (Lipinski definition) is 1. The van der Waals surface area contributed by atoms with Crippen LogP contribution in [-0.4, -0.2) is 13.2 Å². The lowest BCUT2D eigenvalue weighted by Crippen LogP contribution is -2.13. The van der Waals surface area contributed by atoms with E-state index in [9.17, 15) is 0 Å². The Morgan fingerprint density at radius 2 is 1.84 bits per heavy atom. The Bertz CT molecular complexity index is 387. The van der Waals surface area contributed by atoms with Gasteiger partial charge in [0.1, 0.15) is 5.75 Å². The van der Waals surface area contributed by atoms with E-state index >= 15 is 0 Å². The van der Waals surface area contributed by atoms with Gasteiger partial charge in [0, 0.05) is 0 Å². The first-order chi connectivity index (χ1) is 8.95. The van der Waals surface area contributed by atoms with E-state index in [0.29, 0.717) is 17.8 Å². The fraction of sp³-hybridized carbons (Fsp3) is 0.647. The maximum Gasteiger partial charge on any atom is 0.119 e. The van der Waals surface area contributed by atoms with Crippen LogP contribution in [0.5, 0.6) is 5.75 Å². The molecule has 1 aromatic rings. The van der Waals surface area contributed by atoms with Crippen LogP contribution in [0.15, 0.2) is 18.2 Å². The topological polar surface area (TPSA) is 35.2 Å². The highest BCUT2D eigenvalue weighted by Gasteiger charge is 2.16. The fourth-order valence-electron chi connectivity index (χ4n) is 2.33. The lowest BCUT2D eigenvalue weighted by atomic mass is 9.84. The van der Waals surface area contributed by atoms with Gasteiger partial charge < -0.3 is 10.5 Å². The highest BCUT2D eigenvalue weighted by molar-refractivity contribution is 5.37. The molecule has 0 aliphatic carbocycles. The number of benzene rings is 1. The van der Waals surface area contributed by atoms with Crippen molar-refractivity contribution in [2.75, 3.05) is 13.2 Å². The molecule has 2 N–H and O–H groups in total. The minimum absolute atomic E-state index is 0.544. The van der Waals surface area contributed by atoms with Crippen molar-refractivity contribution < 1.29 is 4.74 Å². The third-order valence-corrected chi connectivity index (χ3v) is 3.79. The first-order valence-corrected chi connectivity index (χ1v) is 7.39. The summed E-state index contributed by atoms with van der Waals surface area (Å²) in [5.41, 5.74) is 8.39. The summed E-state index contributed by atoms with van der Waals surface area (Å²) in [6.45, 7) is 12.6. The molecule has 0 aromatic heterocycles. The van der Waals surface area contributed by atoms with Gasteiger partial charge in [-0.25, -0.2) is 0 Å². The molecule has 2 heteroatoms. The minimum Gasteiger partial charge on any atom is -0.493 e. The molecule has 1 rings (SSSR count). The molecule has 0 radical (unpaired) electrons. The summed E-state index contributed by atoms with van der Waals surface area (Å²) >= 11 is 0. The number of ether oxygens (including phenoxy) is 1. The van der Waals surface area contributed by atoms with Crippen molar-refractivity contribution in [2.45, 2.75) is 47.0 Å². The van der Waals surface area contributed by atoms with E-state index < -0.39 is 0 Å². The van der Waals surface area contributed by atoms with Crippen LogP contribution in [0.1, 0.15) is 51.2 Å². The van der Waals surface area contributed by atoms with Gasteiger partial charge in [-0.2, -0.15) is 0 Å². The fourth-order valence-corrected chi connectivity index (χ4v) is 2.33. The molecule has 0 aliphatic rings. The molecule has 19 heavy (non-hydrogen) atoms. The molecule has 0 bridgehead atoms. The van der Waals surface area contributed by atoms with Crippen LogP contribution < -0.4 is 10.5 Å². The van der Waals surface area contributed by atoms with Crippen LogP contribution in [0.3, 0.4) is 0 Å². The lowest BCUT2D eigenvalue weighted by molar-refractivity contribution is 0.270. The van der Waals surface area contributed by atoms with Crippen molar-refractivity contribution in [1.29, 1.82) is 0 Å². The Morgan fingerprint density at radius 1 is 1.16 bits per heavy atom. The van der Waals surface area contributed by atoms with Crippen molar-refractivity contribution in [3.63, 3.8) is 0 Å². The summed E-state index contributed by atoms with van der Waals surface area (Å²) in [5, 5.41) is 0. The van der Waals surface area contributed by atoms with E-state index in [1.54, 1.807) is 0 Å². The number of nitrogens with two attached hydrogens (primary N) is 1. The summed E-state index contributed by atoms with van der Waals surface area (Å²) in [6, 6.07) is 6.46. The Hall–Kier alpha value is -1.02. The maximum atomic E-state index is 5.77. The van der Waals surface area contributed by atoms with Gasteiger partial charge >= 0.3 is 0 Å². The smallest absolute Gasteiger partial charge is 0.119 e. The summed E-state index contributed by atoms with van der Waals surface area (Å²) in [6.07, 6.45) is 1.08. The largest absolute Gasteiger partial charge is 0.493 e. The van der Waals surface area contributed by atoms with Crippen molar-refractivity contribution in [3.8, 4) is 5.75 Å². The molecular formula is C17H29NO. The van der Waals surface area contributed by atoms with E-state index in [-0.39, 0.29) is 0 Å². The van der Waals surface area contributed by atoms with Gasteiger partial charge in [0.15, 0.2) is 0 Å². The second kappa shape index (κ2) is 7.54. The Morgan fingerprint density at radius 3 is 2.37 bits per heavy atom. The molecule has 2 unspecified atom stereocenters. The third kappa shape index (κ3) is 4.87. The van der Waals surface area contributed by atoms with E-state index in [1.165, 1.54) is 11.1 Å². The normalized spacial score (nSPS) is 14.5. The molecule has 0 fully saturated rings. The van der Waals surface area contributed by atoms with Gasteiger partial charge in [-0.1, -0.05) is 33.8 Å². The highest BCUT2D eigenvalue weighted by atomic mass is 16.5. The molecule has 1 aromatic carbocycles. The standard InChI is InChI=1S/C17H29NO/c1-12(2)11-19-16-6-7-17(14(4)10-16)15(5)13(3)8-9-18/h6-7,10,12-13,15H,8-9,11,18H2,1-5H3. The monoisotopic (exact) mass is 263 g/mol. The second-order valence-electron chi connectivity index (χ2n) is 6.07. The van der Waals surface area contributed by atoms with Crippen LogP contribution in [0.4, 0.5) is 0 Å². The van der Waals surface area contributed by atoms with Crippen LogP contribution in [-0.2, 0) is 0 Å². The van der Waals surface area contributed by atoms with Gasteiger partial charge in [0.2, 0.25) is 0 Å². The van der Waals surface area contributed by atoms with Gasteiger partial charge in [-0.05, 0) is 60.9 Å². The Labute approximate surface area is 118 Å². The number of hydrogen-bond acceptors (Lipinski definition) is 2. The number of aryl methyl sites for hydroxylation is 1. The number of rotatable bonds is 7. The van der Waals surface area contributed by atoms with E-state index in [4.69, 9.17) is 10.5 Å². The van der Waals surface area contributed by atoms with Crippen LogP contribution in [0.2, 0.25) is 0 Å².